The summed E-state index contributed by atoms with van der Waals surface area (Å²) in [6.45, 7) is 4.41. The average molecular weight is 325 g/mol. The van der Waals surface area contributed by atoms with Crippen LogP contribution in [0.5, 0.6) is 0 Å². The Kier molecular flexibility index (Phi) is 4.92. The zero-order chi connectivity index (χ0) is 13.0. The lowest BCUT2D eigenvalue weighted by Crippen LogP contribution is -2.23. The minimum atomic E-state index is 0.361. The van der Waals surface area contributed by atoms with E-state index in [0.717, 1.165) is 6.42 Å². The number of nitrogens with one attached hydrogen (secondary N) is 1. The van der Waals surface area contributed by atoms with E-state index in [9.17, 15) is 0 Å². The van der Waals surface area contributed by atoms with Gasteiger partial charge in [-0.3, -0.25) is 4.98 Å². The highest BCUT2D eigenvalue weighted by Gasteiger charge is 2.14. The van der Waals surface area contributed by atoms with Crippen LogP contribution in [-0.4, -0.2) is 4.98 Å². The largest absolute Gasteiger partial charge is 0.303 e. The zero-order valence-corrected chi connectivity index (χ0v) is 13.0. The third-order valence-corrected chi connectivity index (χ3v) is 4.80. The monoisotopic (exact) mass is 324 g/mol. The molecule has 2 aromatic rings. The number of hydrogen-bond donors (Lipinski definition) is 1. The van der Waals surface area contributed by atoms with Gasteiger partial charge in [0.1, 0.15) is 0 Å². The van der Waals surface area contributed by atoms with Crippen LogP contribution in [0, 0.1) is 0 Å². The van der Waals surface area contributed by atoms with Gasteiger partial charge >= 0.3 is 0 Å². The zero-order valence-electron chi connectivity index (χ0n) is 10.6. The highest BCUT2D eigenvalue weighted by Crippen LogP contribution is 2.29. The van der Waals surface area contributed by atoms with Crippen molar-refractivity contribution in [3.05, 3.63) is 50.9 Å². The topological polar surface area (TPSA) is 24.9 Å². The third kappa shape index (κ3) is 3.40. The van der Waals surface area contributed by atoms with Gasteiger partial charge in [0, 0.05) is 29.4 Å². The molecule has 0 spiro atoms. The maximum absolute atomic E-state index is 4.07. The Morgan fingerprint density at radius 3 is 2.56 bits per heavy atom. The van der Waals surface area contributed by atoms with Crippen molar-refractivity contribution in [2.24, 2.45) is 0 Å². The summed E-state index contributed by atoms with van der Waals surface area (Å²) < 4.78 is 1.18. The Hall–Kier alpha value is -0.710. The lowest BCUT2D eigenvalue weighted by atomic mass is 10.0. The van der Waals surface area contributed by atoms with E-state index < -0.39 is 0 Å². The van der Waals surface area contributed by atoms with Gasteiger partial charge in [-0.2, -0.15) is 0 Å². The van der Waals surface area contributed by atoms with Gasteiger partial charge in [0.05, 0.1) is 3.79 Å². The first kappa shape index (κ1) is 13.7. The molecule has 2 aromatic heterocycles. The van der Waals surface area contributed by atoms with E-state index in [-0.39, 0.29) is 0 Å². The summed E-state index contributed by atoms with van der Waals surface area (Å²) in [7, 11) is 0. The summed E-state index contributed by atoms with van der Waals surface area (Å²) >= 11 is 5.30. The first-order valence-electron chi connectivity index (χ1n) is 6.12. The molecule has 96 valence electrons. The van der Waals surface area contributed by atoms with Crippen molar-refractivity contribution >= 4 is 27.3 Å². The fourth-order valence-corrected chi connectivity index (χ4v) is 3.43. The molecule has 18 heavy (non-hydrogen) atoms. The molecule has 2 heterocycles. The molecule has 0 saturated heterocycles. The number of nitrogens with zero attached hydrogens (tertiary/aromatic N) is 1. The number of halogens is 1. The van der Waals surface area contributed by atoms with Crippen molar-refractivity contribution in [2.45, 2.75) is 32.4 Å². The molecule has 0 aliphatic heterocycles. The third-order valence-electron chi connectivity index (χ3n) is 2.99. The van der Waals surface area contributed by atoms with Gasteiger partial charge in [0.15, 0.2) is 0 Å². The number of aromatic nitrogens is 1. The van der Waals surface area contributed by atoms with E-state index >= 15 is 0 Å². The predicted octanol–water partition coefficient (Wildman–Crippen LogP) is 4.71. The van der Waals surface area contributed by atoms with E-state index in [1.807, 2.05) is 12.4 Å². The normalized spacial score (nSPS) is 14.4. The standard InChI is InChI=1S/C14H17BrN2S/c1-3-12(11-6-8-16-9-7-11)17-10(2)13-4-5-14(15)18-13/h4-10,12,17H,3H2,1-2H3/t10-,12-/m0/s1. The molecule has 0 aliphatic carbocycles. The lowest BCUT2D eigenvalue weighted by Gasteiger charge is -2.21. The molecule has 0 unspecified atom stereocenters. The van der Waals surface area contributed by atoms with Crippen LogP contribution in [0.1, 0.15) is 42.8 Å². The smallest absolute Gasteiger partial charge is 0.0701 e. The Morgan fingerprint density at radius 1 is 1.28 bits per heavy atom. The molecular weight excluding hydrogens is 308 g/mol. The summed E-state index contributed by atoms with van der Waals surface area (Å²) in [6.07, 6.45) is 4.78. The van der Waals surface area contributed by atoms with Gasteiger partial charge in [-0.1, -0.05) is 6.92 Å². The number of pyridine rings is 1. The van der Waals surface area contributed by atoms with Crippen molar-refractivity contribution < 1.29 is 0 Å². The highest BCUT2D eigenvalue weighted by atomic mass is 79.9. The van der Waals surface area contributed by atoms with Crippen molar-refractivity contribution in [2.75, 3.05) is 0 Å². The Bertz CT molecular complexity index is 484. The Morgan fingerprint density at radius 2 is 2.00 bits per heavy atom. The van der Waals surface area contributed by atoms with Crippen LogP contribution in [0.2, 0.25) is 0 Å². The minimum absolute atomic E-state index is 0.361. The Balaban J connectivity index is 2.07. The SMILES string of the molecule is CC[C@H](N[C@@H](C)c1ccc(Br)s1)c1ccncc1. The quantitative estimate of drug-likeness (QED) is 0.861. The molecule has 1 N–H and O–H groups in total. The maximum atomic E-state index is 4.07. The molecule has 0 aromatic carbocycles. The van der Waals surface area contributed by atoms with E-state index in [1.165, 1.54) is 14.2 Å². The van der Waals surface area contributed by atoms with Crippen molar-refractivity contribution in [3.8, 4) is 0 Å². The fraction of sp³-hybridized carbons (Fsp3) is 0.357. The van der Waals surface area contributed by atoms with Crippen LogP contribution in [0.15, 0.2) is 40.4 Å². The first-order valence-corrected chi connectivity index (χ1v) is 7.73. The second-order valence-electron chi connectivity index (χ2n) is 4.27. The van der Waals surface area contributed by atoms with Crippen LogP contribution >= 0.6 is 27.3 Å². The second-order valence-corrected chi connectivity index (χ2v) is 6.77. The van der Waals surface area contributed by atoms with Gasteiger partial charge in [-0.15, -0.1) is 11.3 Å². The van der Waals surface area contributed by atoms with E-state index in [0.29, 0.717) is 12.1 Å². The summed E-state index contributed by atoms with van der Waals surface area (Å²) in [6, 6.07) is 9.18. The van der Waals surface area contributed by atoms with E-state index in [4.69, 9.17) is 0 Å². The van der Waals surface area contributed by atoms with Crippen LogP contribution < -0.4 is 5.32 Å². The van der Waals surface area contributed by atoms with Crippen LogP contribution in [0.4, 0.5) is 0 Å². The summed E-state index contributed by atoms with van der Waals surface area (Å²) in [4.78, 5) is 5.43. The van der Waals surface area contributed by atoms with Crippen molar-refractivity contribution in [3.63, 3.8) is 0 Å². The van der Waals surface area contributed by atoms with Gasteiger partial charge in [-0.25, -0.2) is 0 Å². The number of thiophene rings is 1. The number of rotatable bonds is 5. The van der Waals surface area contributed by atoms with Crippen molar-refractivity contribution in [1.29, 1.82) is 0 Å². The van der Waals surface area contributed by atoms with E-state index in [1.54, 1.807) is 11.3 Å². The highest BCUT2D eigenvalue weighted by molar-refractivity contribution is 9.11. The van der Waals surface area contributed by atoms with Gasteiger partial charge < -0.3 is 5.32 Å². The molecule has 2 atom stereocenters. The van der Waals surface area contributed by atoms with Gasteiger partial charge in [-0.05, 0) is 59.1 Å². The van der Waals surface area contributed by atoms with Crippen LogP contribution in [-0.2, 0) is 0 Å². The van der Waals surface area contributed by atoms with Crippen LogP contribution in [0.3, 0.4) is 0 Å². The maximum Gasteiger partial charge on any atom is 0.0701 e. The first-order chi connectivity index (χ1) is 8.70. The second kappa shape index (κ2) is 6.45. The molecule has 0 bridgehead atoms. The van der Waals surface area contributed by atoms with Gasteiger partial charge in [0.2, 0.25) is 0 Å². The lowest BCUT2D eigenvalue weighted by molar-refractivity contribution is 0.460. The molecule has 0 radical (unpaired) electrons. The number of hydrogen-bond acceptors (Lipinski definition) is 3. The summed E-state index contributed by atoms with van der Waals surface area (Å²) in [5.41, 5.74) is 1.30. The molecule has 2 nitrogen and oxygen atoms in total. The summed E-state index contributed by atoms with van der Waals surface area (Å²) in [5.74, 6) is 0. The van der Waals surface area contributed by atoms with E-state index in [2.05, 4.69) is 64.3 Å². The minimum Gasteiger partial charge on any atom is -0.303 e. The van der Waals surface area contributed by atoms with Crippen LogP contribution in [0.25, 0.3) is 0 Å². The predicted molar refractivity (Wildman–Crippen MR) is 80.8 cm³/mol. The van der Waals surface area contributed by atoms with Gasteiger partial charge in [0.25, 0.3) is 0 Å². The van der Waals surface area contributed by atoms with Crippen molar-refractivity contribution in [1.82, 2.24) is 10.3 Å². The molecule has 0 saturated carbocycles. The summed E-state index contributed by atoms with van der Waals surface area (Å²) in [5, 5.41) is 3.67. The molecule has 2 rings (SSSR count). The molecule has 0 aliphatic rings. The molecule has 0 amide bonds. The molecule has 4 heteroatoms. The fourth-order valence-electron chi connectivity index (χ4n) is 1.99. The Labute approximate surface area is 121 Å². The average Bonchev–Trinajstić information content (AvgIpc) is 2.83. The molecular formula is C14H17BrN2S. The molecule has 0 fully saturated rings.